The molecule has 0 aromatic heterocycles. The molecule has 0 fully saturated rings. The number of methoxy groups -OCH3 is 2. The van der Waals surface area contributed by atoms with E-state index in [0.29, 0.717) is 11.1 Å². The number of allylic oxidation sites excluding steroid dienone is 4. The van der Waals surface area contributed by atoms with Gasteiger partial charge in [-0.05, 0) is 46.5 Å². The Balaban J connectivity index is 1.81. The zero-order valence-electron chi connectivity index (χ0n) is 19.1. The van der Waals surface area contributed by atoms with E-state index in [0.717, 1.165) is 44.9 Å². The lowest BCUT2D eigenvalue weighted by molar-refractivity contribution is -0.108. The van der Waals surface area contributed by atoms with Gasteiger partial charge >= 0.3 is 0 Å². The van der Waals surface area contributed by atoms with E-state index in [2.05, 4.69) is 24.3 Å². The molecule has 166 valence electrons. The third kappa shape index (κ3) is 3.82. The van der Waals surface area contributed by atoms with E-state index < -0.39 is 0 Å². The van der Waals surface area contributed by atoms with E-state index in [4.69, 9.17) is 9.47 Å². The van der Waals surface area contributed by atoms with Crippen molar-refractivity contribution in [3.63, 3.8) is 0 Å². The Bertz CT molecular complexity index is 1270. The Kier molecular flexibility index (Phi) is 5.84. The van der Waals surface area contributed by atoms with Gasteiger partial charge < -0.3 is 9.47 Å². The molecule has 0 unspecified atom stereocenters. The summed E-state index contributed by atoms with van der Waals surface area (Å²) in [6, 6.07) is 35.6. The summed E-state index contributed by atoms with van der Waals surface area (Å²) in [6.45, 7) is 0. The number of hydrogen-bond donors (Lipinski definition) is 0. The van der Waals surface area contributed by atoms with Gasteiger partial charge in [0.05, 0.1) is 14.2 Å². The van der Waals surface area contributed by atoms with E-state index in [1.165, 1.54) is 0 Å². The Morgan fingerprint density at radius 3 is 1.06 bits per heavy atom. The van der Waals surface area contributed by atoms with Crippen LogP contribution in [0.1, 0.15) is 22.3 Å². The highest BCUT2D eigenvalue weighted by molar-refractivity contribution is 6.59. The molecule has 0 heterocycles. The summed E-state index contributed by atoms with van der Waals surface area (Å²) in [5.74, 6) is 1.51. The first-order valence-electron chi connectivity index (χ1n) is 11.1. The van der Waals surface area contributed by atoms with Crippen molar-refractivity contribution in [3.05, 3.63) is 131 Å². The molecule has 0 bridgehead atoms. The van der Waals surface area contributed by atoms with Crippen molar-refractivity contribution < 1.29 is 14.3 Å². The number of rotatable bonds is 6. The minimum atomic E-state index is 0.00744. The van der Waals surface area contributed by atoms with E-state index in [9.17, 15) is 4.79 Å². The molecule has 0 radical (unpaired) electrons. The Labute approximate surface area is 199 Å². The first-order valence-corrected chi connectivity index (χ1v) is 11.1. The Morgan fingerprint density at radius 2 is 0.735 bits per heavy atom. The molecule has 3 heteroatoms. The van der Waals surface area contributed by atoms with Crippen molar-refractivity contribution >= 4 is 28.1 Å². The molecule has 0 atom stereocenters. The number of Topliss-reactive ketones (excluding diaryl/α,β-unsaturated/α-hetero) is 1. The van der Waals surface area contributed by atoms with Crippen LogP contribution in [0.3, 0.4) is 0 Å². The number of ether oxygens (including phenoxy) is 2. The van der Waals surface area contributed by atoms with Gasteiger partial charge in [-0.1, -0.05) is 84.9 Å². The molecule has 0 aliphatic heterocycles. The average molecular weight is 445 g/mol. The molecule has 0 spiro atoms. The van der Waals surface area contributed by atoms with Crippen molar-refractivity contribution in [2.24, 2.45) is 0 Å². The van der Waals surface area contributed by atoms with Crippen LogP contribution in [-0.2, 0) is 4.79 Å². The van der Waals surface area contributed by atoms with Crippen molar-refractivity contribution in [2.75, 3.05) is 14.2 Å². The topological polar surface area (TPSA) is 35.5 Å². The first-order chi connectivity index (χ1) is 16.7. The number of benzene rings is 4. The molecule has 4 aromatic rings. The monoisotopic (exact) mass is 444 g/mol. The maximum atomic E-state index is 14.2. The van der Waals surface area contributed by atoms with Crippen LogP contribution in [0.25, 0.3) is 22.3 Å². The van der Waals surface area contributed by atoms with Crippen LogP contribution in [0.5, 0.6) is 11.5 Å². The normalized spacial score (nSPS) is 13.4. The van der Waals surface area contributed by atoms with Gasteiger partial charge in [-0.3, -0.25) is 4.79 Å². The molecule has 34 heavy (non-hydrogen) atoms. The minimum Gasteiger partial charge on any atom is -0.497 e. The molecule has 0 N–H and O–H groups in total. The summed E-state index contributed by atoms with van der Waals surface area (Å²) in [4.78, 5) is 14.2. The molecule has 4 aromatic carbocycles. The summed E-state index contributed by atoms with van der Waals surface area (Å²) in [6.07, 6.45) is 0. The van der Waals surface area contributed by atoms with Crippen molar-refractivity contribution in [1.82, 2.24) is 0 Å². The van der Waals surface area contributed by atoms with Crippen LogP contribution in [0.4, 0.5) is 0 Å². The van der Waals surface area contributed by atoms with Gasteiger partial charge in [0, 0.05) is 22.3 Å². The summed E-state index contributed by atoms with van der Waals surface area (Å²) in [7, 11) is 3.28. The van der Waals surface area contributed by atoms with E-state index in [1.807, 2.05) is 84.9 Å². The van der Waals surface area contributed by atoms with E-state index in [1.54, 1.807) is 14.2 Å². The standard InChI is InChI=1S/C31H24O3/c1-33-25-17-13-23(14-18-25)29-27(21-9-5-3-6-10-21)28(22-11-7-4-8-12-22)30(31(29)32)24-15-19-26(34-2)20-16-24/h3-20H,1-2H3. The van der Waals surface area contributed by atoms with E-state index in [-0.39, 0.29) is 5.78 Å². The SMILES string of the molecule is COc1ccc(C2=C(c3ccccc3)C(c3ccccc3)=C(c3ccc(OC)cc3)C2=O)cc1. The smallest absolute Gasteiger partial charge is 0.195 e. The van der Waals surface area contributed by atoms with Crippen LogP contribution < -0.4 is 9.47 Å². The second kappa shape index (κ2) is 9.24. The van der Waals surface area contributed by atoms with Gasteiger partial charge in [0.1, 0.15) is 11.5 Å². The highest BCUT2D eigenvalue weighted by Gasteiger charge is 2.35. The molecule has 5 rings (SSSR count). The lowest BCUT2D eigenvalue weighted by Gasteiger charge is -2.13. The van der Waals surface area contributed by atoms with Gasteiger partial charge in [0.2, 0.25) is 0 Å². The van der Waals surface area contributed by atoms with Gasteiger partial charge in [0.25, 0.3) is 0 Å². The maximum Gasteiger partial charge on any atom is 0.195 e. The van der Waals surface area contributed by atoms with Crippen molar-refractivity contribution in [1.29, 1.82) is 0 Å². The largest absolute Gasteiger partial charge is 0.497 e. The summed E-state index contributed by atoms with van der Waals surface area (Å²) in [5.41, 5.74) is 6.99. The van der Waals surface area contributed by atoms with Crippen LogP contribution in [0.15, 0.2) is 109 Å². The quantitative estimate of drug-likeness (QED) is 0.328. The van der Waals surface area contributed by atoms with Crippen molar-refractivity contribution in [2.45, 2.75) is 0 Å². The fourth-order valence-electron chi connectivity index (χ4n) is 4.46. The fraction of sp³-hybridized carbons (Fsp3) is 0.0645. The molecular formula is C31H24O3. The van der Waals surface area contributed by atoms with Crippen molar-refractivity contribution in [3.8, 4) is 11.5 Å². The second-order valence-corrected chi connectivity index (χ2v) is 8.02. The first kappa shape index (κ1) is 21.5. The van der Waals surface area contributed by atoms with Gasteiger partial charge in [-0.25, -0.2) is 0 Å². The third-order valence-corrected chi connectivity index (χ3v) is 6.09. The average Bonchev–Trinajstić information content (AvgIpc) is 3.22. The molecular weight excluding hydrogens is 420 g/mol. The zero-order valence-corrected chi connectivity index (χ0v) is 19.1. The summed E-state index contributed by atoms with van der Waals surface area (Å²) >= 11 is 0. The lowest BCUT2D eigenvalue weighted by atomic mass is 9.89. The van der Waals surface area contributed by atoms with E-state index >= 15 is 0 Å². The van der Waals surface area contributed by atoms with Crippen LogP contribution in [0.2, 0.25) is 0 Å². The van der Waals surface area contributed by atoms with Crippen LogP contribution >= 0.6 is 0 Å². The minimum absolute atomic E-state index is 0.00744. The van der Waals surface area contributed by atoms with Gasteiger partial charge in [0.15, 0.2) is 5.78 Å². The Morgan fingerprint density at radius 1 is 0.412 bits per heavy atom. The number of ketones is 1. The molecule has 0 saturated carbocycles. The predicted octanol–water partition coefficient (Wildman–Crippen LogP) is 6.81. The molecule has 0 saturated heterocycles. The summed E-state index contributed by atoms with van der Waals surface area (Å²) < 4.78 is 10.7. The van der Waals surface area contributed by atoms with Crippen LogP contribution in [-0.4, -0.2) is 20.0 Å². The van der Waals surface area contributed by atoms with Gasteiger partial charge in [-0.15, -0.1) is 0 Å². The zero-order chi connectivity index (χ0) is 23.5. The van der Waals surface area contributed by atoms with Crippen LogP contribution in [0, 0.1) is 0 Å². The molecule has 1 aliphatic rings. The maximum absolute atomic E-state index is 14.2. The molecule has 1 aliphatic carbocycles. The third-order valence-electron chi connectivity index (χ3n) is 6.09. The Hall–Kier alpha value is -4.37. The number of hydrogen-bond acceptors (Lipinski definition) is 3. The number of carbonyl (C=O) groups is 1. The predicted molar refractivity (Wildman–Crippen MR) is 138 cm³/mol. The highest BCUT2D eigenvalue weighted by Crippen LogP contribution is 2.49. The molecule has 0 amide bonds. The molecule has 3 nitrogen and oxygen atoms in total. The fourth-order valence-corrected chi connectivity index (χ4v) is 4.46. The lowest BCUT2D eigenvalue weighted by Crippen LogP contribution is -2.02. The second-order valence-electron chi connectivity index (χ2n) is 8.02. The highest BCUT2D eigenvalue weighted by atomic mass is 16.5. The number of carbonyl (C=O) groups excluding carboxylic acids is 1. The summed E-state index contributed by atoms with van der Waals surface area (Å²) in [5, 5.41) is 0. The van der Waals surface area contributed by atoms with Gasteiger partial charge in [-0.2, -0.15) is 0 Å².